The summed E-state index contributed by atoms with van der Waals surface area (Å²) in [7, 11) is 1.54. The number of amides is 2. The van der Waals surface area contributed by atoms with E-state index < -0.39 is 6.10 Å². The summed E-state index contributed by atoms with van der Waals surface area (Å²) in [5, 5.41) is 7.30. The highest BCUT2D eigenvalue weighted by atomic mass is 16.5. The number of rotatable bonds is 5. The predicted octanol–water partition coefficient (Wildman–Crippen LogP) is 2.15. The summed E-state index contributed by atoms with van der Waals surface area (Å²) in [5.74, 6) is -0.345. The molecular weight excluding hydrogens is 332 g/mol. The molecule has 1 aromatic heterocycles. The van der Waals surface area contributed by atoms with Crippen molar-refractivity contribution < 1.29 is 14.3 Å². The van der Waals surface area contributed by atoms with Gasteiger partial charge >= 0.3 is 0 Å². The van der Waals surface area contributed by atoms with E-state index in [1.807, 2.05) is 37.3 Å². The van der Waals surface area contributed by atoms with Crippen LogP contribution >= 0.6 is 0 Å². The quantitative estimate of drug-likeness (QED) is 0.891. The molecule has 0 spiro atoms. The number of nitrogens with zero attached hydrogens (tertiary/aromatic N) is 3. The minimum Gasteiger partial charge on any atom is -0.372 e. The number of anilines is 1. The van der Waals surface area contributed by atoms with Crippen molar-refractivity contribution in [3.63, 3.8) is 0 Å². The zero-order valence-corrected chi connectivity index (χ0v) is 15.1. The molecule has 7 nitrogen and oxygen atoms in total. The first-order valence-electron chi connectivity index (χ1n) is 8.81. The predicted molar refractivity (Wildman–Crippen MR) is 98.2 cm³/mol. The van der Waals surface area contributed by atoms with Gasteiger partial charge in [-0.25, -0.2) is 4.68 Å². The van der Waals surface area contributed by atoms with Gasteiger partial charge in [-0.1, -0.05) is 18.2 Å². The number of para-hydroxylation sites is 1. The SMILES string of the molecule is COC1CCCCN(CC(=O)Nc2cn(-c3ccccc3)nc2C)C1=O. The number of methoxy groups -OCH3 is 1. The van der Waals surface area contributed by atoms with Crippen LogP contribution in [0.25, 0.3) is 5.69 Å². The van der Waals surface area contributed by atoms with Crippen molar-refractivity contribution in [3.05, 3.63) is 42.2 Å². The van der Waals surface area contributed by atoms with Crippen molar-refractivity contribution in [2.24, 2.45) is 0 Å². The number of likely N-dealkylation sites (tertiary alicyclic amines) is 1. The van der Waals surface area contributed by atoms with Crippen LogP contribution in [0.15, 0.2) is 36.5 Å². The fourth-order valence-electron chi connectivity index (χ4n) is 3.10. The zero-order chi connectivity index (χ0) is 18.5. The first kappa shape index (κ1) is 18.1. The molecule has 1 unspecified atom stereocenters. The zero-order valence-electron chi connectivity index (χ0n) is 15.1. The van der Waals surface area contributed by atoms with E-state index in [0.717, 1.165) is 24.2 Å². The molecular formula is C19H24N4O3. The summed E-state index contributed by atoms with van der Waals surface area (Å²) in [6.45, 7) is 2.44. The number of nitrogens with one attached hydrogen (secondary N) is 1. The average Bonchev–Trinajstić information content (AvgIpc) is 2.91. The molecule has 1 aromatic carbocycles. The van der Waals surface area contributed by atoms with Crippen LogP contribution < -0.4 is 5.32 Å². The Morgan fingerprint density at radius 2 is 2.08 bits per heavy atom. The van der Waals surface area contributed by atoms with Crippen LogP contribution in [0.3, 0.4) is 0 Å². The molecule has 2 aromatic rings. The van der Waals surface area contributed by atoms with Gasteiger partial charge in [0.2, 0.25) is 5.91 Å². The second kappa shape index (κ2) is 8.14. The van der Waals surface area contributed by atoms with Crippen LogP contribution in [0.5, 0.6) is 0 Å². The lowest BCUT2D eigenvalue weighted by Gasteiger charge is -2.22. The van der Waals surface area contributed by atoms with Crippen LogP contribution in [-0.2, 0) is 14.3 Å². The smallest absolute Gasteiger partial charge is 0.252 e. The Morgan fingerprint density at radius 3 is 2.81 bits per heavy atom. The van der Waals surface area contributed by atoms with Gasteiger partial charge in [-0.2, -0.15) is 5.10 Å². The van der Waals surface area contributed by atoms with E-state index in [0.29, 0.717) is 18.7 Å². The molecule has 7 heteroatoms. The van der Waals surface area contributed by atoms with Gasteiger partial charge in [0, 0.05) is 13.7 Å². The fourth-order valence-corrected chi connectivity index (χ4v) is 3.10. The van der Waals surface area contributed by atoms with Gasteiger partial charge in [0.05, 0.1) is 29.8 Å². The second-order valence-corrected chi connectivity index (χ2v) is 6.44. The number of carbonyl (C=O) groups excluding carboxylic acids is 2. The standard InChI is InChI=1S/C19H24N4O3/c1-14-16(12-23(21-14)15-8-4-3-5-9-15)20-18(24)13-22-11-7-6-10-17(26-2)19(22)25/h3-5,8-9,12,17H,6-7,10-11,13H2,1-2H3,(H,20,24). The number of benzene rings is 1. The maximum Gasteiger partial charge on any atom is 0.252 e. The summed E-state index contributed by atoms with van der Waals surface area (Å²) in [5.41, 5.74) is 2.28. The topological polar surface area (TPSA) is 76.5 Å². The molecule has 1 N–H and O–H groups in total. The van der Waals surface area contributed by atoms with Crippen molar-refractivity contribution in [1.29, 1.82) is 0 Å². The molecule has 1 aliphatic heterocycles. The van der Waals surface area contributed by atoms with E-state index in [-0.39, 0.29) is 18.4 Å². The van der Waals surface area contributed by atoms with Gasteiger partial charge in [-0.3, -0.25) is 9.59 Å². The van der Waals surface area contributed by atoms with Gasteiger partial charge in [0.15, 0.2) is 0 Å². The highest BCUT2D eigenvalue weighted by Crippen LogP contribution is 2.18. The third-order valence-electron chi connectivity index (χ3n) is 4.54. The van der Waals surface area contributed by atoms with Crippen molar-refractivity contribution in [2.45, 2.75) is 32.3 Å². The van der Waals surface area contributed by atoms with E-state index in [1.165, 1.54) is 7.11 Å². The Morgan fingerprint density at radius 1 is 1.31 bits per heavy atom. The largest absolute Gasteiger partial charge is 0.372 e. The van der Waals surface area contributed by atoms with Gasteiger partial charge in [0.1, 0.15) is 6.10 Å². The molecule has 1 aliphatic rings. The average molecular weight is 356 g/mol. The van der Waals surface area contributed by atoms with Crippen molar-refractivity contribution in [1.82, 2.24) is 14.7 Å². The number of ether oxygens (including phenoxy) is 1. The van der Waals surface area contributed by atoms with E-state index in [9.17, 15) is 9.59 Å². The van der Waals surface area contributed by atoms with Crippen molar-refractivity contribution >= 4 is 17.5 Å². The van der Waals surface area contributed by atoms with Gasteiger partial charge < -0.3 is 15.0 Å². The molecule has 0 aliphatic carbocycles. The third kappa shape index (κ3) is 4.11. The Labute approximate surface area is 152 Å². The normalized spacial score (nSPS) is 17.8. The lowest BCUT2D eigenvalue weighted by molar-refractivity contribution is -0.143. The lowest BCUT2D eigenvalue weighted by atomic mass is 10.2. The minimum absolute atomic E-state index is 0.0225. The summed E-state index contributed by atoms with van der Waals surface area (Å²) in [6.07, 6.45) is 3.84. The minimum atomic E-state index is -0.451. The van der Waals surface area contributed by atoms with E-state index in [1.54, 1.807) is 15.8 Å². The molecule has 138 valence electrons. The van der Waals surface area contributed by atoms with Gasteiger partial charge in [-0.15, -0.1) is 0 Å². The molecule has 2 amide bonds. The van der Waals surface area contributed by atoms with Gasteiger partial charge in [-0.05, 0) is 38.3 Å². The number of hydrogen-bond acceptors (Lipinski definition) is 4. The molecule has 0 radical (unpaired) electrons. The van der Waals surface area contributed by atoms with Crippen LogP contribution in [-0.4, -0.2) is 52.8 Å². The lowest BCUT2D eigenvalue weighted by Crippen LogP contribution is -2.43. The summed E-state index contributed by atoms with van der Waals surface area (Å²) in [6, 6.07) is 9.69. The Balaban J connectivity index is 1.66. The maximum atomic E-state index is 12.4. The van der Waals surface area contributed by atoms with Crippen molar-refractivity contribution in [3.8, 4) is 5.69 Å². The number of aryl methyl sites for hydroxylation is 1. The van der Waals surface area contributed by atoms with Crippen LogP contribution in [0.1, 0.15) is 25.0 Å². The molecule has 2 heterocycles. The molecule has 1 atom stereocenters. The monoisotopic (exact) mass is 356 g/mol. The first-order chi connectivity index (χ1) is 12.6. The van der Waals surface area contributed by atoms with Crippen LogP contribution in [0.4, 0.5) is 5.69 Å². The second-order valence-electron chi connectivity index (χ2n) is 6.44. The molecule has 3 rings (SSSR count). The molecule has 0 bridgehead atoms. The van der Waals surface area contributed by atoms with E-state index in [2.05, 4.69) is 10.4 Å². The molecule has 0 saturated carbocycles. The van der Waals surface area contributed by atoms with Crippen LogP contribution in [0.2, 0.25) is 0 Å². The van der Waals surface area contributed by atoms with Gasteiger partial charge in [0.25, 0.3) is 5.91 Å². The maximum absolute atomic E-state index is 12.4. The number of carbonyl (C=O) groups is 2. The van der Waals surface area contributed by atoms with Crippen molar-refractivity contribution in [2.75, 3.05) is 25.5 Å². The number of aromatic nitrogens is 2. The molecule has 1 saturated heterocycles. The Kier molecular flexibility index (Phi) is 5.68. The highest BCUT2D eigenvalue weighted by molar-refractivity contribution is 5.95. The Hall–Kier alpha value is -2.67. The fraction of sp³-hybridized carbons (Fsp3) is 0.421. The highest BCUT2D eigenvalue weighted by Gasteiger charge is 2.28. The van der Waals surface area contributed by atoms with E-state index >= 15 is 0 Å². The molecule has 26 heavy (non-hydrogen) atoms. The Bertz CT molecular complexity index is 772. The number of hydrogen-bond donors (Lipinski definition) is 1. The third-order valence-corrected chi connectivity index (χ3v) is 4.54. The summed E-state index contributed by atoms with van der Waals surface area (Å²) in [4.78, 5) is 26.5. The summed E-state index contributed by atoms with van der Waals surface area (Å²) >= 11 is 0. The summed E-state index contributed by atoms with van der Waals surface area (Å²) < 4.78 is 6.97. The first-order valence-corrected chi connectivity index (χ1v) is 8.81. The van der Waals surface area contributed by atoms with E-state index in [4.69, 9.17) is 4.74 Å². The molecule has 1 fully saturated rings. The van der Waals surface area contributed by atoms with Crippen LogP contribution in [0, 0.1) is 6.92 Å².